The molecule has 2 aromatic heterocycles. The molecular formula is C24H17Cl2F2N3O2. The lowest BCUT2D eigenvalue weighted by atomic mass is 9.80. The lowest BCUT2D eigenvalue weighted by Crippen LogP contribution is -2.45. The van der Waals surface area contributed by atoms with E-state index in [1.807, 2.05) is 0 Å². The summed E-state index contributed by atoms with van der Waals surface area (Å²) in [6.45, 7) is 0.213. The van der Waals surface area contributed by atoms with Gasteiger partial charge in [-0.1, -0.05) is 47.5 Å². The van der Waals surface area contributed by atoms with Crippen LogP contribution in [0.5, 0.6) is 5.75 Å². The first kappa shape index (κ1) is 23.0. The van der Waals surface area contributed by atoms with Crippen LogP contribution in [0, 0.1) is 0 Å². The molecule has 168 valence electrons. The average Bonchev–Trinajstić information content (AvgIpc) is 2.84. The van der Waals surface area contributed by atoms with Gasteiger partial charge in [-0.2, -0.15) is 8.78 Å². The third-order valence-electron chi connectivity index (χ3n) is 5.07. The average molecular weight is 488 g/mol. The van der Waals surface area contributed by atoms with E-state index in [0.29, 0.717) is 15.8 Å². The monoisotopic (exact) mass is 487 g/mol. The van der Waals surface area contributed by atoms with Gasteiger partial charge in [0.2, 0.25) is 0 Å². The number of aliphatic hydroxyl groups is 1. The highest BCUT2D eigenvalue weighted by molar-refractivity contribution is 6.30. The van der Waals surface area contributed by atoms with Gasteiger partial charge in [0.05, 0.1) is 6.20 Å². The van der Waals surface area contributed by atoms with Crippen LogP contribution in [0.2, 0.25) is 10.0 Å². The smallest absolute Gasteiger partial charge is 0.326 e. The Bertz CT molecular complexity index is 1210. The summed E-state index contributed by atoms with van der Waals surface area (Å²) < 4.78 is 37.3. The maximum atomic E-state index is 15.8. The number of alkyl halides is 2. The van der Waals surface area contributed by atoms with Crippen molar-refractivity contribution in [2.45, 2.75) is 18.1 Å². The van der Waals surface area contributed by atoms with Gasteiger partial charge in [0.15, 0.2) is 5.60 Å². The van der Waals surface area contributed by atoms with Crippen LogP contribution in [0.15, 0.2) is 85.6 Å². The Kier molecular flexibility index (Phi) is 6.56. The highest BCUT2D eigenvalue weighted by Crippen LogP contribution is 2.49. The van der Waals surface area contributed by atoms with Crippen molar-refractivity contribution in [3.63, 3.8) is 0 Å². The first-order chi connectivity index (χ1) is 15.8. The molecule has 0 fully saturated rings. The van der Waals surface area contributed by atoms with Crippen molar-refractivity contribution >= 4 is 23.2 Å². The van der Waals surface area contributed by atoms with Crippen LogP contribution >= 0.6 is 23.2 Å². The normalized spacial score (nSPS) is 13.4. The fraction of sp³-hybridized carbons (Fsp3) is 0.125. The maximum Gasteiger partial charge on any atom is 0.326 e. The Labute approximate surface area is 198 Å². The van der Waals surface area contributed by atoms with E-state index in [-0.39, 0.29) is 17.7 Å². The largest absolute Gasteiger partial charge is 0.487 e. The van der Waals surface area contributed by atoms with Crippen molar-refractivity contribution < 1.29 is 18.6 Å². The summed E-state index contributed by atoms with van der Waals surface area (Å²) in [6.07, 6.45) is 4.65. The van der Waals surface area contributed by atoms with Gasteiger partial charge < -0.3 is 9.84 Å². The van der Waals surface area contributed by atoms with Crippen LogP contribution in [0.3, 0.4) is 0 Å². The fourth-order valence-corrected chi connectivity index (χ4v) is 3.54. The Morgan fingerprint density at radius 1 is 0.788 bits per heavy atom. The van der Waals surface area contributed by atoms with Gasteiger partial charge in [-0.05, 0) is 47.5 Å². The molecule has 0 aliphatic carbocycles. The number of aromatic nitrogens is 3. The van der Waals surface area contributed by atoms with E-state index in [9.17, 15) is 5.11 Å². The molecule has 0 aliphatic heterocycles. The third kappa shape index (κ3) is 4.66. The predicted octanol–water partition coefficient (Wildman–Crippen LogP) is 5.79. The SMILES string of the molecule is OC(c1ccc(Cl)cc1)(c1cncnc1)C(F)(F)c1ccc(OCc2ccc(Cl)cc2)cn1. The van der Waals surface area contributed by atoms with Crippen LogP contribution in [-0.2, 0) is 18.1 Å². The van der Waals surface area contributed by atoms with Gasteiger partial charge in [0.25, 0.3) is 0 Å². The Hall–Kier alpha value is -3.13. The van der Waals surface area contributed by atoms with E-state index in [1.165, 1.54) is 42.9 Å². The molecule has 0 amide bonds. The molecule has 1 unspecified atom stereocenters. The molecule has 1 atom stereocenters. The number of benzene rings is 2. The highest BCUT2D eigenvalue weighted by atomic mass is 35.5. The quantitative estimate of drug-likeness (QED) is 0.357. The molecule has 4 aromatic rings. The molecule has 0 aliphatic rings. The van der Waals surface area contributed by atoms with E-state index < -0.39 is 17.2 Å². The molecule has 1 N–H and O–H groups in total. The lowest BCUT2D eigenvalue weighted by Gasteiger charge is -2.36. The molecule has 2 aromatic carbocycles. The molecule has 0 spiro atoms. The fourth-order valence-electron chi connectivity index (χ4n) is 3.29. The maximum absolute atomic E-state index is 15.8. The zero-order chi connectivity index (χ0) is 23.5. The van der Waals surface area contributed by atoms with Gasteiger partial charge in [0, 0.05) is 28.0 Å². The number of rotatable bonds is 7. The van der Waals surface area contributed by atoms with Crippen LogP contribution in [-0.4, -0.2) is 20.1 Å². The van der Waals surface area contributed by atoms with E-state index in [4.69, 9.17) is 27.9 Å². The second-order valence-electron chi connectivity index (χ2n) is 7.21. The van der Waals surface area contributed by atoms with Gasteiger partial charge in [-0.3, -0.25) is 4.98 Å². The minimum atomic E-state index is -3.85. The summed E-state index contributed by atoms with van der Waals surface area (Å²) in [5, 5.41) is 12.4. The molecule has 5 nitrogen and oxygen atoms in total. The summed E-state index contributed by atoms with van der Waals surface area (Å²) in [5.41, 5.74) is -2.87. The number of hydrogen-bond donors (Lipinski definition) is 1. The van der Waals surface area contributed by atoms with Crippen LogP contribution < -0.4 is 4.74 Å². The summed E-state index contributed by atoms with van der Waals surface area (Å²) in [6, 6.07) is 15.0. The third-order valence-corrected chi connectivity index (χ3v) is 5.58. The van der Waals surface area contributed by atoms with Crippen molar-refractivity contribution in [1.29, 1.82) is 0 Å². The highest BCUT2D eigenvalue weighted by Gasteiger charge is 2.57. The van der Waals surface area contributed by atoms with Crippen molar-refractivity contribution in [3.05, 3.63) is 118 Å². The van der Waals surface area contributed by atoms with E-state index in [2.05, 4.69) is 15.0 Å². The molecule has 0 saturated heterocycles. The predicted molar refractivity (Wildman–Crippen MR) is 120 cm³/mol. The second-order valence-corrected chi connectivity index (χ2v) is 8.09. The lowest BCUT2D eigenvalue weighted by molar-refractivity contribution is -0.174. The van der Waals surface area contributed by atoms with Gasteiger partial charge in [0.1, 0.15) is 24.4 Å². The van der Waals surface area contributed by atoms with Crippen LogP contribution in [0.25, 0.3) is 0 Å². The standard InChI is InChI=1S/C24H17Cl2F2N3O2/c25-19-5-1-16(2-6-19)14-33-21-9-10-22(31-13-21)24(27,28)23(32,18-11-29-15-30-12-18)17-3-7-20(26)8-4-17/h1-13,15,32H,14H2. The van der Waals surface area contributed by atoms with Crippen molar-refractivity contribution in [2.24, 2.45) is 0 Å². The zero-order valence-electron chi connectivity index (χ0n) is 17.0. The first-order valence-electron chi connectivity index (χ1n) is 9.76. The molecule has 0 radical (unpaired) electrons. The number of ether oxygens (including phenoxy) is 1. The number of nitrogens with zero attached hydrogens (tertiary/aromatic N) is 3. The van der Waals surface area contributed by atoms with Gasteiger partial charge >= 0.3 is 5.92 Å². The van der Waals surface area contributed by atoms with E-state index in [1.54, 1.807) is 24.3 Å². The molecule has 0 bridgehead atoms. The van der Waals surface area contributed by atoms with Gasteiger partial charge in [-0.25, -0.2) is 9.97 Å². The summed E-state index contributed by atoms with van der Waals surface area (Å²) in [7, 11) is 0. The molecule has 0 saturated carbocycles. The molecular weight excluding hydrogens is 471 g/mol. The number of halogens is 4. The number of pyridine rings is 1. The Morgan fingerprint density at radius 3 is 1.97 bits per heavy atom. The van der Waals surface area contributed by atoms with Crippen molar-refractivity contribution in [1.82, 2.24) is 15.0 Å². The zero-order valence-corrected chi connectivity index (χ0v) is 18.5. The molecule has 33 heavy (non-hydrogen) atoms. The summed E-state index contributed by atoms with van der Waals surface area (Å²) in [4.78, 5) is 11.5. The number of hydrogen-bond acceptors (Lipinski definition) is 5. The topological polar surface area (TPSA) is 68.1 Å². The van der Waals surface area contributed by atoms with E-state index in [0.717, 1.165) is 24.0 Å². The van der Waals surface area contributed by atoms with Crippen molar-refractivity contribution in [3.8, 4) is 5.75 Å². The van der Waals surface area contributed by atoms with Gasteiger partial charge in [-0.15, -0.1) is 0 Å². The molecule has 4 rings (SSSR count). The summed E-state index contributed by atoms with van der Waals surface area (Å²) >= 11 is 11.8. The van der Waals surface area contributed by atoms with E-state index >= 15 is 8.78 Å². The van der Waals surface area contributed by atoms with Crippen LogP contribution in [0.1, 0.15) is 22.4 Å². The molecule has 9 heteroatoms. The minimum Gasteiger partial charge on any atom is -0.487 e. The Balaban J connectivity index is 1.65. The van der Waals surface area contributed by atoms with Crippen molar-refractivity contribution in [2.75, 3.05) is 0 Å². The first-order valence-corrected chi connectivity index (χ1v) is 10.5. The summed E-state index contributed by atoms with van der Waals surface area (Å²) in [5.74, 6) is -3.55. The molecule has 2 heterocycles. The second kappa shape index (κ2) is 9.39. The minimum absolute atomic E-state index is 0.0865. The van der Waals surface area contributed by atoms with Crippen LogP contribution in [0.4, 0.5) is 8.78 Å². The Morgan fingerprint density at radius 2 is 1.39 bits per heavy atom.